The van der Waals surface area contributed by atoms with Crippen molar-refractivity contribution in [1.82, 2.24) is 5.12 Å². The van der Waals surface area contributed by atoms with Gasteiger partial charge in [0.2, 0.25) is 0 Å². The van der Waals surface area contributed by atoms with E-state index < -0.39 is 6.10 Å². The van der Waals surface area contributed by atoms with Crippen molar-refractivity contribution in [3.8, 4) is 0 Å². The minimum Gasteiger partial charge on any atom is -0.398 e. The van der Waals surface area contributed by atoms with Crippen LogP contribution in [0, 0.1) is 0 Å². The Morgan fingerprint density at radius 3 is 2.67 bits per heavy atom. The van der Waals surface area contributed by atoms with E-state index >= 15 is 0 Å². The predicted octanol–water partition coefficient (Wildman–Crippen LogP) is -0.0218. The second-order valence-electron chi connectivity index (χ2n) is 4.52. The van der Waals surface area contributed by atoms with Crippen LogP contribution in [0.4, 0.5) is 5.69 Å². The first-order valence-corrected chi connectivity index (χ1v) is 6.00. The molecule has 18 heavy (non-hydrogen) atoms. The fourth-order valence-electron chi connectivity index (χ4n) is 2.21. The van der Waals surface area contributed by atoms with E-state index in [0.29, 0.717) is 11.3 Å². The summed E-state index contributed by atoms with van der Waals surface area (Å²) in [6.45, 7) is 0. The standard InChI is InChI=1S/C12H19N5O/c13-9-5-2-1-4-8(9)12(14)16-17(15)10-6-3-7-11(10)18/h1-2,4-5,10-11,18H,3,6-7,13,15H2,(H2,14,16). The fraction of sp³-hybridized carbons (Fsp3) is 0.417. The second-order valence-corrected chi connectivity index (χ2v) is 4.52. The van der Waals surface area contributed by atoms with E-state index in [1.807, 2.05) is 12.1 Å². The molecule has 1 aromatic carbocycles. The number of hydrazone groups is 1. The topological polar surface area (TPSA) is 114 Å². The van der Waals surface area contributed by atoms with Gasteiger partial charge in [-0.2, -0.15) is 0 Å². The number of anilines is 1. The van der Waals surface area contributed by atoms with Crippen molar-refractivity contribution < 1.29 is 5.11 Å². The third-order valence-corrected chi connectivity index (χ3v) is 3.24. The molecule has 6 heteroatoms. The van der Waals surface area contributed by atoms with Crippen LogP contribution in [0.1, 0.15) is 24.8 Å². The third kappa shape index (κ3) is 2.55. The van der Waals surface area contributed by atoms with Crippen LogP contribution < -0.4 is 17.3 Å². The van der Waals surface area contributed by atoms with Gasteiger partial charge in [-0.15, -0.1) is 5.10 Å². The van der Waals surface area contributed by atoms with Crippen molar-refractivity contribution >= 4 is 11.5 Å². The number of hydrazine groups is 1. The zero-order chi connectivity index (χ0) is 13.1. The van der Waals surface area contributed by atoms with Crippen LogP contribution in [0.3, 0.4) is 0 Å². The zero-order valence-electron chi connectivity index (χ0n) is 10.2. The van der Waals surface area contributed by atoms with E-state index in [-0.39, 0.29) is 11.9 Å². The minimum absolute atomic E-state index is 0.173. The maximum atomic E-state index is 9.74. The monoisotopic (exact) mass is 249 g/mol. The Labute approximate surface area is 106 Å². The lowest BCUT2D eigenvalue weighted by molar-refractivity contribution is 0.0728. The molecule has 1 saturated carbocycles. The molecule has 6 nitrogen and oxygen atoms in total. The molecule has 0 radical (unpaired) electrons. The number of nitrogen functional groups attached to an aromatic ring is 1. The Balaban J connectivity index is 2.15. The molecule has 0 saturated heterocycles. The number of amidine groups is 1. The molecule has 1 aliphatic carbocycles. The molecule has 0 heterocycles. The number of aliphatic hydroxyl groups excluding tert-OH is 1. The fourth-order valence-corrected chi connectivity index (χ4v) is 2.21. The molecule has 0 bridgehead atoms. The summed E-state index contributed by atoms with van der Waals surface area (Å²) < 4.78 is 0. The van der Waals surface area contributed by atoms with Crippen LogP contribution in [0.2, 0.25) is 0 Å². The molecular weight excluding hydrogens is 230 g/mol. The van der Waals surface area contributed by atoms with Gasteiger partial charge in [0.15, 0.2) is 5.84 Å². The summed E-state index contributed by atoms with van der Waals surface area (Å²) in [6, 6.07) is 7.02. The lowest BCUT2D eigenvalue weighted by Gasteiger charge is -2.23. The van der Waals surface area contributed by atoms with Gasteiger partial charge in [-0.05, 0) is 31.4 Å². The van der Waals surface area contributed by atoms with Gasteiger partial charge in [0.25, 0.3) is 0 Å². The van der Waals surface area contributed by atoms with Crippen LogP contribution in [0.25, 0.3) is 0 Å². The molecule has 0 spiro atoms. The Morgan fingerprint density at radius 1 is 1.33 bits per heavy atom. The number of nitrogens with zero attached hydrogens (tertiary/aromatic N) is 2. The first kappa shape index (κ1) is 12.7. The molecule has 0 amide bonds. The summed E-state index contributed by atoms with van der Waals surface area (Å²) in [6.07, 6.45) is 2.07. The van der Waals surface area contributed by atoms with Gasteiger partial charge >= 0.3 is 0 Å². The van der Waals surface area contributed by atoms with Crippen molar-refractivity contribution in [3.63, 3.8) is 0 Å². The van der Waals surface area contributed by atoms with Gasteiger partial charge < -0.3 is 16.6 Å². The molecule has 2 rings (SSSR count). The normalized spacial score (nSPS) is 24.2. The number of nitrogens with two attached hydrogens (primary N) is 3. The summed E-state index contributed by atoms with van der Waals surface area (Å²) >= 11 is 0. The minimum atomic E-state index is -0.445. The van der Waals surface area contributed by atoms with Gasteiger partial charge in [0.05, 0.1) is 12.1 Å². The molecular formula is C12H19N5O. The molecule has 2 unspecified atom stereocenters. The Morgan fingerprint density at radius 2 is 2.06 bits per heavy atom. The van der Waals surface area contributed by atoms with Crippen molar-refractivity contribution in [2.75, 3.05) is 5.73 Å². The van der Waals surface area contributed by atoms with Gasteiger partial charge in [0, 0.05) is 11.3 Å². The van der Waals surface area contributed by atoms with E-state index in [1.54, 1.807) is 12.1 Å². The van der Waals surface area contributed by atoms with Crippen molar-refractivity contribution in [3.05, 3.63) is 29.8 Å². The van der Waals surface area contributed by atoms with Crippen LogP contribution in [0.5, 0.6) is 0 Å². The lowest BCUT2D eigenvalue weighted by atomic mass is 10.1. The molecule has 0 aliphatic heterocycles. The number of hydrogen-bond acceptors (Lipinski definition) is 5. The smallest absolute Gasteiger partial charge is 0.154 e. The molecule has 1 aromatic rings. The lowest BCUT2D eigenvalue weighted by Crippen LogP contribution is -2.43. The molecule has 0 aromatic heterocycles. The number of para-hydroxylation sites is 1. The van der Waals surface area contributed by atoms with Gasteiger partial charge in [-0.3, -0.25) is 0 Å². The first-order valence-electron chi connectivity index (χ1n) is 6.00. The molecule has 1 fully saturated rings. The van der Waals surface area contributed by atoms with E-state index in [1.165, 1.54) is 5.12 Å². The van der Waals surface area contributed by atoms with Crippen molar-refractivity contribution in [1.29, 1.82) is 0 Å². The average molecular weight is 249 g/mol. The Hall–Kier alpha value is -1.79. The van der Waals surface area contributed by atoms with E-state index in [4.69, 9.17) is 17.3 Å². The van der Waals surface area contributed by atoms with Crippen LogP contribution in [0.15, 0.2) is 29.4 Å². The van der Waals surface area contributed by atoms with Gasteiger partial charge in [-0.1, -0.05) is 12.1 Å². The zero-order valence-corrected chi connectivity index (χ0v) is 10.2. The van der Waals surface area contributed by atoms with E-state index in [2.05, 4.69) is 5.10 Å². The number of rotatable bonds is 3. The quantitative estimate of drug-likeness (QED) is 0.198. The maximum absolute atomic E-state index is 9.74. The van der Waals surface area contributed by atoms with E-state index in [9.17, 15) is 5.11 Å². The maximum Gasteiger partial charge on any atom is 0.154 e. The summed E-state index contributed by atoms with van der Waals surface area (Å²) in [4.78, 5) is 0. The van der Waals surface area contributed by atoms with E-state index in [0.717, 1.165) is 19.3 Å². The van der Waals surface area contributed by atoms with Gasteiger partial charge in [-0.25, -0.2) is 11.0 Å². The summed E-state index contributed by atoms with van der Waals surface area (Å²) in [7, 11) is 0. The molecule has 2 atom stereocenters. The highest BCUT2D eigenvalue weighted by atomic mass is 16.3. The molecule has 98 valence electrons. The summed E-state index contributed by atoms with van der Waals surface area (Å²) in [5.74, 6) is 6.08. The first-order chi connectivity index (χ1) is 8.59. The second kappa shape index (κ2) is 5.24. The highest BCUT2D eigenvalue weighted by Gasteiger charge is 2.29. The van der Waals surface area contributed by atoms with Crippen molar-refractivity contribution in [2.45, 2.75) is 31.4 Å². The van der Waals surface area contributed by atoms with Crippen molar-refractivity contribution in [2.24, 2.45) is 16.7 Å². The predicted molar refractivity (Wildman–Crippen MR) is 71.3 cm³/mol. The average Bonchev–Trinajstić information content (AvgIpc) is 2.76. The van der Waals surface area contributed by atoms with Gasteiger partial charge in [0.1, 0.15) is 0 Å². The number of aliphatic hydroxyl groups is 1. The molecule has 7 N–H and O–H groups in total. The highest BCUT2D eigenvalue weighted by Crippen LogP contribution is 2.22. The van der Waals surface area contributed by atoms with Crippen LogP contribution in [-0.4, -0.2) is 28.2 Å². The summed E-state index contributed by atoms with van der Waals surface area (Å²) in [5.41, 5.74) is 12.9. The third-order valence-electron chi connectivity index (χ3n) is 3.24. The highest BCUT2D eigenvalue weighted by molar-refractivity contribution is 6.01. The number of hydrogen-bond donors (Lipinski definition) is 4. The Kier molecular flexibility index (Phi) is 3.69. The SMILES string of the molecule is N/C(=N\N(N)C1CCCC1O)c1ccccc1N. The van der Waals surface area contributed by atoms with Crippen LogP contribution >= 0.6 is 0 Å². The Bertz CT molecular complexity index is 448. The summed E-state index contributed by atoms with van der Waals surface area (Å²) in [5, 5.41) is 15.1. The van der Waals surface area contributed by atoms with Crippen LogP contribution in [-0.2, 0) is 0 Å². The number of benzene rings is 1. The largest absolute Gasteiger partial charge is 0.398 e. The molecule has 1 aliphatic rings.